The zero-order chi connectivity index (χ0) is 46.1. The topological polar surface area (TPSA) is 170 Å². The smallest absolute Gasteiger partial charge is 0.477 e. The number of Topliss-reactive ketones (excluding diaryl/α,β-unsaturated/α-hetero) is 2. The largest absolute Gasteiger partial charge is 0.514 e. The molecule has 2 N–H and O–H groups in total. The van der Waals surface area contributed by atoms with Gasteiger partial charge in [0.05, 0.1) is 33.6 Å². The van der Waals surface area contributed by atoms with E-state index in [9.17, 15) is 29.4 Å². The molecule has 4 bridgehead atoms. The summed E-state index contributed by atoms with van der Waals surface area (Å²) in [6.07, 6.45) is -0.878. The number of hydrogen-bond donors (Lipinski definition) is 2. The molecule has 11 aliphatic rings. The maximum Gasteiger partial charge on any atom is 0.514 e. The Kier molecular flexibility index (Phi) is 7.87. The van der Waals surface area contributed by atoms with E-state index < -0.39 is 94.6 Å². The lowest BCUT2D eigenvalue weighted by atomic mass is 9.55. The summed E-state index contributed by atoms with van der Waals surface area (Å²) in [5.41, 5.74) is -3.28. The predicted octanol–water partition coefficient (Wildman–Crippen LogP) is 5.77. The minimum Gasteiger partial charge on any atom is -0.477 e. The molecule has 20 heteroatoms. The van der Waals surface area contributed by atoms with Crippen LogP contribution in [0.5, 0.6) is 23.0 Å². The number of benzene rings is 2. The highest BCUT2D eigenvalue weighted by atomic mass is 19.3. The van der Waals surface area contributed by atoms with Crippen LogP contribution in [0.2, 0.25) is 0 Å². The summed E-state index contributed by atoms with van der Waals surface area (Å²) in [6.45, 7) is -1.79. The SMILES string of the molecule is CC1N(CC2CC2)C2C[C@]34c5c2ccc(OC(=O)OCC(F)(F)C(F)(F)C(F)(F)COC(=O)Oc2ccc6c7c2O[C@H]2C(=O)CC[C@@]8(O)C9N(CC%10CC%10)C69C[C@]728)c5O[C@H]3C(=O)CC[C@@]14O. The number of alkyl halides is 6. The van der Waals surface area contributed by atoms with Crippen molar-refractivity contribution in [3.8, 4) is 23.0 Å². The lowest BCUT2D eigenvalue weighted by Gasteiger charge is -2.58. The quantitative estimate of drug-likeness (QED) is 0.114. The van der Waals surface area contributed by atoms with Crippen molar-refractivity contribution >= 4 is 23.9 Å². The number of nitrogens with zero attached hydrogens (tertiary/aromatic N) is 2. The molecule has 2 aromatic carbocycles. The number of piperidine rings is 2. The van der Waals surface area contributed by atoms with Crippen molar-refractivity contribution in [3.05, 3.63) is 46.5 Å². The van der Waals surface area contributed by atoms with E-state index in [4.69, 9.17) is 18.9 Å². The molecule has 352 valence electrons. The minimum atomic E-state index is -6.28. The molecule has 66 heavy (non-hydrogen) atoms. The van der Waals surface area contributed by atoms with Crippen LogP contribution >= 0.6 is 0 Å². The molecular weight excluding hydrogens is 886 g/mol. The summed E-state index contributed by atoms with van der Waals surface area (Å²) in [5.74, 6) is -18.4. The molecule has 5 unspecified atom stereocenters. The average molecular weight is 931 g/mol. The number of ketones is 2. The second-order valence-electron chi connectivity index (χ2n) is 20.8. The first-order valence-corrected chi connectivity index (χ1v) is 22.7. The van der Waals surface area contributed by atoms with Crippen molar-refractivity contribution in [2.45, 2.75) is 147 Å². The van der Waals surface area contributed by atoms with Gasteiger partial charge in [0.1, 0.15) is 0 Å². The number of fused-ring (bicyclic) bond motifs is 3. The lowest BCUT2D eigenvalue weighted by Crippen LogP contribution is -2.72. The molecule has 7 aliphatic carbocycles. The third-order valence-corrected chi connectivity index (χ3v) is 17.7. The predicted molar refractivity (Wildman–Crippen MR) is 208 cm³/mol. The molecule has 0 radical (unpaired) electrons. The van der Waals surface area contributed by atoms with E-state index >= 15 is 26.3 Å². The molecule has 0 amide bonds. The number of halogens is 6. The first-order valence-electron chi connectivity index (χ1n) is 22.7. The van der Waals surface area contributed by atoms with Crippen molar-refractivity contribution in [2.75, 3.05) is 26.3 Å². The van der Waals surface area contributed by atoms with E-state index in [2.05, 4.69) is 19.3 Å². The Morgan fingerprint density at radius 3 is 1.91 bits per heavy atom. The van der Waals surface area contributed by atoms with Crippen LogP contribution in [0.3, 0.4) is 0 Å². The van der Waals surface area contributed by atoms with Crippen molar-refractivity contribution in [1.29, 1.82) is 0 Å². The van der Waals surface area contributed by atoms with Gasteiger partial charge in [-0.1, -0.05) is 12.1 Å². The molecule has 13 rings (SSSR count). The number of likely N-dealkylation sites (tertiary alicyclic amines) is 2. The second kappa shape index (κ2) is 12.5. The van der Waals surface area contributed by atoms with Gasteiger partial charge in [0.15, 0.2) is 60.0 Å². The van der Waals surface area contributed by atoms with Crippen molar-refractivity contribution in [2.24, 2.45) is 11.8 Å². The van der Waals surface area contributed by atoms with E-state index in [1.807, 2.05) is 6.92 Å². The molecule has 5 saturated carbocycles. The van der Waals surface area contributed by atoms with Crippen LogP contribution in [0, 0.1) is 11.8 Å². The summed E-state index contributed by atoms with van der Waals surface area (Å²) >= 11 is 0. The monoisotopic (exact) mass is 930 g/mol. The highest BCUT2D eigenvalue weighted by Gasteiger charge is 2.92. The van der Waals surface area contributed by atoms with Crippen LogP contribution in [0.15, 0.2) is 24.3 Å². The summed E-state index contributed by atoms with van der Waals surface area (Å²) in [7, 11) is 0. The fourth-order valence-electron chi connectivity index (χ4n) is 14.4. The Morgan fingerprint density at radius 2 is 1.30 bits per heavy atom. The Hall–Kier alpha value is -4.66. The maximum absolute atomic E-state index is 15.1. The fraction of sp³-hybridized carbons (Fsp3) is 0.652. The van der Waals surface area contributed by atoms with Crippen LogP contribution < -0.4 is 18.9 Å². The number of hydrogen-bond acceptors (Lipinski definition) is 14. The highest BCUT2D eigenvalue weighted by Crippen LogP contribution is 2.82. The first-order chi connectivity index (χ1) is 31.2. The standard InChI is InChI=1S/C46H44F6N2O12/c1-20-42(59)12-10-26(55)34-39(42)14-25(53(20)15-21-2-3-21)23-6-8-28(32(65-34)30(23)39)63-37(57)61-18-44(47,48)46(51,52)45(49,50)19-62-38(58)64-29-9-7-24-31-33(29)66-35-27(56)11-13-43(60)36-41(24,17-40(31,35)43)54(36)16-22-4-5-22/h6-9,20-22,25,34-36,59-60H,2-5,10-19H2,1H3/t20?,25?,34-,35-,36?,39-,40-,41?,42+,43+,54?/m0/s1. The Morgan fingerprint density at radius 1 is 0.758 bits per heavy atom. The van der Waals surface area contributed by atoms with Crippen LogP contribution in [0.1, 0.15) is 99.4 Å². The van der Waals surface area contributed by atoms with Gasteiger partial charge >= 0.3 is 30.1 Å². The summed E-state index contributed by atoms with van der Waals surface area (Å²) < 4.78 is 121. The van der Waals surface area contributed by atoms with Crippen LogP contribution in [-0.2, 0) is 35.4 Å². The Bertz CT molecular complexity index is 2610. The third-order valence-electron chi connectivity index (χ3n) is 17.7. The normalized spacial score (nSPS) is 39.2. The average Bonchev–Trinajstić information content (AvgIpc) is 4.22. The molecule has 3 spiro atoms. The Labute approximate surface area is 371 Å². The molecule has 4 aliphatic heterocycles. The van der Waals surface area contributed by atoms with Gasteiger partial charge in [-0.3, -0.25) is 19.4 Å². The molecule has 0 aromatic heterocycles. The molecular formula is C46H44F6N2O12. The zero-order valence-electron chi connectivity index (χ0n) is 35.4. The van der Waals surface area contributed by atoms with Crippen molar-refractivity contribution in [3.63, 3.8) is 0 Å². The number of ether oxygens (including phenoxy) is 6. The number of rotatable bonds is 12. The van der Waals surface area contributed by atoms with Gasteiger partial charge in [-0.15, -0.1) is 0 Å². The van der Waals surface area contributed by atoms with Crippen LogP contribution in [-0.4, -0.2) is 123 Å². The number of carbonyl (C=O) groups is 4. The second-order valence-corrected chi connectivity index (χ2v) is 20.8. The van der Waals surface area contributed by atoms with Crippen LogP contribution in [0.25, 0.3) is 0 Å². The molecule has 7 fully saturated rings. The van der Waals surface area contributed by atoms with Gasteiger partial charge < -0.3 is 38.6 Å². The van der Waals surface area contributed by atoms with E-state index in [1.165, 1.54) is 12.1 Å². The van der Waals surface area contributed by atoms with Gasteiger partial charge in [0.25, 0.3) is 0 Å². The van der Waals surface area contributed by atoms with Gasteiger partial charge in [-0.05, 0) is 93.4 Å². The molecule has 11 atom stereocenters. The zero-order valence-corrected chi connectivity index (χ0v) is 35.4. The number of aliphatic hydroxyl groups is 2. The third kappa shape index (κ3) is 4.74. The summed E-state index contributed by atoms with van der Waals surface area (Å²) in [4.78, 5) is 56.7. The molecule has 2 aromatic rings. The summed E-state index contributed by atoms with van der Waals surface area (Å²) in [6, 6.07) is 4.94. The van der Waals surface area contributed by atoms with Crippen LogP contribution in [0.4, 0.5) is 35.9 Å². The highest BCUT2D eigenvalue weighted by molar-refractivity contribution is 5.93. The lowest BCUT2D eigenvalue weighted by molar-refractivity contribution is -0.323. The van der Waals surface area contributed by atoms with Crippen molar-refractivity contribution < 1.29 is 84.2 Å². The minimum absolute atomic E-state index is 0.0116. The van der Waals surface area contributed by atoms with E-state index in [-0.39, 0.29) is 66.9 Å². The Balaban J connectivity index is 0.686. The molecule has 4 heterocycles. The first kappa shape index (κ1) is 41.5. The van der Waals surface area contributed by atoms with Gasteiger partial charge in [-0.2, -0.15) is 26.3 Å². The van der Waals surface area contributed by atoms with E-state index in [0.29, 0.717) is 35.8 Å². The van der Waals surface area contributed by atoms with E-state index in [0.717, 1.165) is 49.9 Å². The summed E-state index contributed by atoms with van der Waals surface area (Å²) in [5, 5.41) is 24.7. The molecule has 2 saturated heterocycles. The maximum atomic E-state index is 15.1. The van der Waals surface area contributed by atoms with Gasteiger partial charge in [0.2, 0.25) is 0 Å². The molecule has 14 nitrogen and oxygen atoms in total. The van der Waals surface area contributed by atoms with Gasteiger partial charge in [-0.25, -0.2) is 9.59 Å². The number of carbonyl (C=O) groups excluding carboxylic acids is 4. The van der Waals surface area contributed by atoms with E-state index in [1.54, 1.807) is 12.1 Å². The van der Waals surface area contributed by atoms with Crippen molar-refractivity contribution in [1.82, 2.24) is 9.80 Å². The fourth-order valence-corrected chi connectivity index (χ4v) is 14.4. The van der Waals surface area contributed by atoms with Gasteiger partial charge in [0, 0.05) is 49.1 Å².